The molecule has 0 bridgehead atoms. The lowest BCUT2D eigenvalue weighted by Gasteiger charge is -2.43. The van der Waals surface area contributed by atoms with Crippen molar-refractivity contribution >= 4 is 36.4 Å². The van der Waals surface area contributed by atoms with Gasteiger partial charge >= 0.3 is 6.18 Å². The number of hydrogen-bond acceptors (Lipinski definition) is 2. The minimum Gasteiger partial charge on any atom is -0.314 e. The van der Waals surface area contributed by atoms with Crippen molar-refractivity contribution in [2.45, 2.75) is 31.5 Å². The highest BCUT2D eigenvalue weighted by molar-refractivity contribution is 6.31. The quantitative estimate of drug-likeness (QED) is 0.765. The van der Waals surface area contributed by atoms with Crippen LogP contribution in [0.3, 0.4) is 0 Å². The van der Waals surface area contributed by atoms with E-state index >= 15 is 0 Å². The summed E-state index contributed by atoms with van der Waals surface area (Å²) < 4.78 is 38.6. The van der Waals surface area contributed by atoms with Gasteiger partial charge in [-0.3, -0.25) is 4.90 Å². The van der Waals surface area contributed by atoms with Crippen LogP contribution in [0.25, 0.3) is 0 Å². The first kappa shape index (κ1) is 21.8. The Morgan fingerprint density at radius 2 is 1.75 bits per heavy atom. The van der Waals surface area contributed by atoms with Gasteiger partial charge in [0.25, 0.3) is 0 Å². The second-order valence-electron chi connectivity index (χ2n) is 6.16. The van der Waals surface area contributed by atoms with E-state index in [9.17, 15) is 13.2 Å². The predicted octanol–water partition coefficient (Wildman–Crippen LogP) is 4.95. The highest BCUT2D eigenvalue weighted by Gasteiger charge is 2.36. The zero-order chi connectivity index (χ0) is 15.7. The van der Waals surface area contributed by atoms with Gasteiger partial charge in [-0.05, 0) is 36.5 Å². The van der Waals surface area contributed by atoms with E-state index in [0.29, 0.717) is 5.92 Å². The van der Waals surface area contributed by atoms with Crippen LogP contribution >= 0.6 is 36.4 Å². The molecule has 1 aliphatic carbocycles. The van der Waals surface area contributed by atoms with E-state index in [-0.39, 0.29) is 35.9 Å². The molecule has 2 fully saturated rings. The summed E-state index contributed by atoms with van der Waals surface area (Å²) in [7, 11) is 0. The second-order valence-corrected chi connectivity index (χ2v) is 6.57. The molecule has 0 spiro atoms. The van der Waals surface area contributed by atoms with Gasteiger partial charge in [0.05, 0.1) is 10.6 Å². The highest BCUT2D eigenvalue weighted by atomic mass is 35.5. The summed E-state index contributed by atoms with van der Waals surface area (Å²) in [4.78, 5) is 2.39. The average molecular weight is 406 g/mol. The molecule has 0 unspecified atom stereocenters. The number of piperazine rings is 1. The van der Waals surface area contributed by atoms with Gasteiger partial charge in [0.15, 0.2) is 0 Å². The summed E-state index contributed by atoms with van der Waals surface area (Å²) in [6.45, 7) is 3.72. The normalized spacial score (nSPS) is 20.5. The second kappa shape index (κ2) is 8.95. The van der Waals surface area contributed by atoms with Gasteiger partial charge in [0.1, 0.15) is 0 Å². The zero-order valence-corrected chi connectivity index (χ0v) is 15.5. The van der Waals surface area contributed by atoms with E-state index in [2.05, 4.69) is 10.2 Å². The van der Waals surface area contributed by atoms with Crippen molar-refractivity contribution in [2.75, 3.05) is 26.2 Å². The number of hydrogen-bond donors (Lipinski definition) is 1. The standard InChI is InChI=1S/C16H20ClF3N2.2ClH/c17-14-10-12(4-5-13(14)16(18,19)20)15(11-2-1-3-11)22-8-6-21-7-9-22;;/h4-5,10-11,15,21H,1-3,6-9H2;2*1H/t15-;;/m1../s1. The Bertz CT molecular complexity index is 530. The highest BCUT2D eigenvalue weighted by Crippen LogP contribution is 2.43. The zero-order valence-electron chi connectivity index (χ0n) is 13.1. The van der Waals surface area contributed by atoms with Crippen molar-refractivity contribution in [3.05, 3.63) is 34.3 Å². The molecular formula is C16H22Cl3F3N2. The molecule has 0 amide bonds. The van der Waals surface area contributed by atoms with Crippen LogP contribution in [0.5, 0.6) is 0 Å². The fourth-order valence-electron chi connectivity index (χ4n) is 3.44. The van der Waals surface area contributed by atoms with E-state index in [0.717, 1.165) is 50.7 Å². The maximum Gasteiger partial charge on any atom is 0.417 e. The Hall–Kier alpha value is -0.200. The molecular weight excluding hydrogens is 384 g/mol. The number of nitrogens with zero attached hydrogens (tertiary/aromatic N) is 1. The molecule has 1 saturated carbocycles. The Kier molecular flexibility index (Phi) is 8.14. The number of alkyl halides is 3. The Morgan fingerprint density at radius 1 is 1.12 bits per heavy atom. The van der Waals surface area contributed by atoms with Crippen LogP contribution in [0.1, 0.15) is 36.4 Å². The molecule has 0 aromatic heterocycles. The van der Waals surface area contributed by atoms with E-state index in [1.54, 1.807) is 6.07 Å². The minimum atomic E-state index is -4.39. The Labute approximate surface area is 157 Å². The molecule has 1 heterocycles. The SMILES string of the molecule is Cl.Cl.FC(F)(F)c1ccc([C@@H](C2CCC2)N2CCNCC2)cc1Cl. The van der Waals surface area contributed by atoms with Crippen LogP contribution in [-0.4, -0.2) is 31.1 Å². The Balaban J connectivity index is 0.00000144. The third kappa shape index (κ3) is 4.70. The largest absolute Gasteiger partial charge is 0.417 e. The summed E-state index contributed by atoms with van der Waals surface area (Å²) in [6, 6.07) is 4.45. The number of nitrogens with one attached hydrogen (secondary N) is 1. The van der Waals surface area contributed by atoms with Crippen molar-refractivity contribution in [1.82, 2.24) is 10.2 Å². The van der Waals surface area contributed by atoms with Crippen molar-refractivity contribution in [3.8, 4) is 0 Å². The average Bonchev–Trinajstić information content (AvgIpc) is 2.42. The summed E-state index contributed by atoms with van der Waals surface area (Å²) in [5.74, 6) is 0.533. The van der Waals surface area contributed by atoms with E-state index in [1.165, 1.54) is 12.5 Å². The van der Waals surface area contributed by atoms with Crippen molar-refractivity contribution in [2.24, 2.45) is 5.92 Å². The van der Waals surface area contributed by atoms with E-state index < -0.39 is 11.7 Å². The molecule has 1 N–H and O–H groups in total. The van der Waals surface area contributed by atoms with Gasteiger partial charge in [0.2, 0.25) is 0 Å². The third-order valence-electron chi connectivity index (χ3n) is 4.78. The van der Waals surface area contributed by atoms with E-state index in [4.69, 9.17) is 11.6 Å². The maximum atomic E-state index is 12.9. The molecule has 1 aliphatic heterocycles. The van der Waals surface area contributed by atoms with Crippen molar-refractivity contribution in [3.63, 3.8) is 0 Å². The first-order chi connectivity index (χ1) is 10.5. The molecule has 2 aliphatic rings. The molecule has 3 rings (SSSR count). The first-order valence-electron chi connectivity index (χ1n) is 7.78. The van der Waals surface area contributed by atoms with Gasteiger partial charge < -0.3 is 5.32 Å². The number of halogens is 6. The van der Waals surface area contributed by atoms with E-state index in [1.807, 2.05) is 0 Å². The molecule has 0 radical (unpaired) electrons. The molecule has 1 saturated heterocycles. The lowest BCUT2D eigenvalue weighted by atomic mass is 9.76. The number of rotatable bonds is 3. The fraction of sp³-hybridized carbons (Fsp3) is 0.625. The summed E-state index contributed by atoms with van der Waals surface area (Å²) in [5, 5.41) is 3.13. The summed E-state index contributed by atoms with van der Waals surface area (Å²) >= 11 is 5.91. The molecule has 1 aromatic rings. The van der Waals surface area contributed by atoms with Gasteiger partial charge in [0, 0.05) is 32.2 Å². The predicted molar refractivity (Wildman–Crippen MR) is 95.5 cm³/mol. The Morgan fingerprint density at radius 3 is 2.21 bits per heavy atom. The van der Waals surface area contributed by atoms with Crippen LogP contribution < -0.4 is 5.32 Å². The lowest BCUT2D eigenvalue weighted by molar-refractivity contribution is -0.137. The molecule has 8 heteroatoms. The smallest absolute Gasteiger partial charge is 0.314 e. The van der Waals surface area contributed by atoms with Gasteiger partial charge in [-0.15, -0.1) is 24.8 Å². The summed E-state index contributed by atoms with van der Waals surface area (Å²) in [6.07, 6.45) is -0.890. The molecule has 2 nitrogen and oxygen atoms in total. The summed E-state index contributed by atoms with van der Waals surface area (Å²) in [5.41, 5.74) is 0.176. The van der Waals surface area contributed by atoms with Gasteiger partial charge in [-0.25, -0.2) is 0 Å². The molecule has 24 heavy (non-hydrogen) atoms. The van der Waals surface area contributed by atoms with Crippen molar-refractivity contribution < 1.29 is 13.2 Å². The lowest BCUT2D eigenvalue weighted by Crippen LogP contribution is -2.47. The van der Waals surface area contributed by atoms with Crippen LogP contribution in [-0.2, 0) is 6.18 Å². The fourth-order valence-corrected chi connectivity index (χ4v) is 3.74. The van der Waals surface area contributed by atoms with Crippen LogP contribution in [0.15, 0.2) is 18.2 Å². The topological polar surface area (TPSA) is 15.3 Å². The monoisotopic (exact) mass is 404 g/mol. The maximum absolute atomic E-state index is 12.9. The van der Waals surface area contributed by atoms with Crippen LogP contribution in [0.4, 0.5) is 13.2 Å². The minimum absolute atomic E-state index is 0. The van der Waals surface area contributed by atoms with Gasteiger partial charge in [-0.2, -0.15) is 13.2 Å². The number of benzene rings is 1. The van der Waals surface area contributed by atoms with Crippen LogP contribution in [0, 0.1) is 5.92 Å². The third-order valence-corrected chi connectivity index (χ3v) is 5.09. The van der Waals surface area contributed by atoms with Crippen LogP contribution in [0.2, 0.25) is 5.02 Å². The molecule has 1 atom stereocenters. The molecule has 1 aromatic carbocycles. The molecule has 138 valence electrons. The van der Waals surface area contributed by atoms with Crippen molar-refractivity contribution in [1.29, 1.82) is 0 Å². The first-order valence-corrected chi connectivity index (χ1v) is 8.16. The van der Waals surface area contributed by atoms with Gasteiger partial charge in [-0.1, -0.05) is 24.1 Å².